The van der Waals surface area contributed by atoms with E-state index in [9.17, 15) is 15.0 Å². The lowest BCUT2D eigenvalue weighted by Gasteiger charge is -2.44. The van der Waals surface area contributed by atoms with Gasteiger partial charge in [0.25, 0.3) is 0 Å². The predicted octanol–water partition coefficient (Wildman–Crippen LogP) is 0.00330. The highest BCUT2D eigenvalue weighted by Gasteiger charge is 2.50. The van der Waals surface area contributed by atoms with Gasteiger partial charge in [0, 0.05) is 6.42 Å². The molecule has 2 aliphatic rings. The Labute approximate surface area is 100 Å². The second kappa shape index (κ2) is 4.76. The van der Waals surface area contributed by atoms with Crippen molar-refractivity contribution in [3.63, 3.8) is 0 Å². The molecule has 0 saturated carbocycles. The maximum atomic E-state index is 11.7. The van der Waals surface area contributed by atoms with Crippen molar-refractivity contribution in [2.75, 3.05) is 0 Å². The van der Waals surface area contributed by atoms with Crippen LogP contribution in [0.25, 0.3) is 0 Å². The zero-order chi connectivity index (χ0) is 12.6. The number of allylic oxidation sites excluding steroid dienone is 1. The lowest BCUT2D eigenvalue weighted by atomic mass is 9.82. The lowest BCUT2D eigenvalue weighted by molar-refractivity contribution is -0.224. The quantitative estimate of drug-likeness (QED) is 0.500. The molecule has 17 heavy (non-hydrogen) atoms. The number of rotatable bonds is 1. The predicted molar refractivity (Wildman–Crippen MR) is 59.1 cm³/mol. The number of carbonyl (C=O) groups excluding carboxylic acids is 1. The van der Waals surface area contributed by atoms with Crippen LogP contribution in [0.15, 0.2) is 12.2 Å². The summed E-state index contributed by atoms with van der Waals surface area (Å²) in [6, 6.07) is 0. The van der Waals surface area contributed by atoms with E-state index in [0.29, 0.717) is 6.42 Å². The molecule has 0 radical (unpaired) electrons. The number of fused-ring (bicyclic) bond motifs is 1. The minimum absolute atomic E-state index is 0.211. The standard InChI is InChI=1S/C12H18O5/c1-3-4-7-10(13)11(14)9-8(17-7)5-6(2)16-12(9)15/h3-4,6-11,13-14H,5H2,1-2H3. The summed E-state index contributed by atoms with van der Waals surface area (Å²) in [5.74, 6) is -1.26. The Kier molecular flexibility index (Phi) is 3.51. The van der Waals surface area contributed by atoms with Crippen LogP contribution in [0, 0.1) is 5.92 Å². The molecule has 0 spiro atoms. The van der Waals surface area contributed by atoms with Crippen LogP contribution in [-0.2, 0) is 14.3 Å². The van der Waals surface area contributed by atoms with E-state index in [1.807, 2.05) is 6.92 Å². The number of esters is 1. The molecule has 0 aliphatic carbocycles. The fraction of sp³-hybridized carbons (Fsp3) is 0.750. The third-order valence-electron chi connectivity index (χ3n) is 3.32. The molecule has 0 amide bonds. The number of aliphatic hydroxyl groups is 2. The molecule has 5 nitrogen and oxygen atoms in total. The fourth-order valence-electron chi connectivity index (χ4n) is 2.49. The summed E-state index contributed by atoms with van der Waals surface area (Å²) in [7, 11) is 0. The Morgan fingerprint density at radius 2 is 2.06 bits per heavy atom. The molecule has 2 rings (SSSR count). The third-order valence-corrected chi connectivity index (χ3v) is 3.32. The second-order valence-electron chi connectivity index (χ2n) is 4.66. The molecule has 96 valence electrons. The molecule has 2 fully saturated rings. The maximum absolute atomic E-state index is 11.7. The van der Waals surface area contributed by atoms with Crippen molar-refractivity contribution in [1.82, 2.24) is 0 Å². The summed E-state index contributed by atoms with van der Waals surface area (Å²) < 4.78 is 10.7. The molecule has 5 heteroatoms. The molecule has 2 saturated heterocycles. The summed E-state index contributed by atoms with van der Waals surface area (Å²) in [6.45, 7) is 3.60. The smallest absolute Gasteiger partial charge is 0.314 e. The summed E-state index contributed by atoms with van der Waals surface area (Å²) >= 11 is 0. The molecule has 0 aromatic rings. The van der Waals surface area contributed by atoms with E-state index in [-0.39, 0.29) is 12.2 Å². The van der Waals surface area contributed by atoms with Crippen molar-refractivity contribution in [2.24, 2.45) is 5.92 Å². The van der Waals surface area contributed by atoms with E-state index in [4.69, 9.17) is 9.47 Å². The number of cyclic esters (lactones) is 1. The van der Waals surface area contributed by atoms with Gasteiger partial charge in [-0.3, -0.25) is 4.79 Å². The van der Waals surface area contributed by atoms with Gasteiger partial charge in [0.15, 0.2) is 0 Å². The van der Waals surface area contributed by atoms with Gasteiger partial charge < -0.3 is 19.7 Å². The highest BCUT2D eigenvalue weighted by molar-refractivity contribution is 5.75. The van der Waals surface area contributed by atoms with E-state index in [1.54, 1.807) is 19.1 Å². The van der Waals surface area contributed by atoms with E-state index in [1.165, 1.54) is 0 Å². The Hall–Kier alpha value is -0.910. The van der Waals surface area contributed by atoms with Crippen LogP contribution in [0.1, 0.15) is 20.3 Å². The Balaban J connectivity index is 2.19. The van der Waals surface area contributed by atoms with E-state index < -0.39 is 30.2 Å². The lowest BCUT2D eigenvalue weighted by Crippen LogP contribution is -2.59. The number of hydrogen-bond acceptors (Lipinski definition) is 5. The van der Waals surface area contributed by atoms with Gasteiger partial charge in [-0.2, -0.15) is 0 Å². The van der Waals surface area contributed by atoms with Crippen LogP contribution in [0.3, 0.4) is 0 Å². The van der Waals surface area contributed by atoms with Gasteiger partial charge in [0.2, 0.25) is 0 Å². The number of aliphatic hydroxyl groups excluding tert-OH is 2. The van der Waals surface area contributed by atoms with Crippen molar-refractivity contribution in [3.05, 3.63) is 12.2 Å². The van der Waals surface area contributed by atoms with Crippen LogP contribution in [0.4, 0.5) is 0 Å². The number of ether oxygens (including phenoxy) is 2. The average Bonchev–Trinajstić information content (AvgIpc) is 2.24. The van der Waals surface area contributed by atoms with Crippen molar-refractivity contribution in [3.8, 4) is 0 Å². The molecule has 6 unspecified atom stereocenters. The molecular weight excluding hydrogens is 224 g/mol. The van der Waals surface area contributed by atoms with Gasteiger partial charge >= 0.3 is 5.97 Å². The molecule has 2 aliphatic heterocycles. The van der Waals surface area contributed by atoms with E-state index in [2.05, 4.69) is 0 Å². The fourth-order valence-corrected chi connectivity index (χ4v) is 2.49. The van der Waals surface area contributed by atoms with E-state index in [0.717, 1.165) is 0 Å². The molecule has 0 aromatic heterocycles. The molecule has 0 aromatic carbocycles. The molecule has 6 atom stereocenters. The molecule has 2 heterocycles. The summed E-state index contributed by atoms with van der Waals surface area (Å²) in [5.41, 5.74) is 0. The zero-order valence-corrected chi connectivity index (χ0v) is 9.95. The first-order chi connectivity index (χ1) is 8.04. The van der Waals surface area contributed by atoms with Gasteiger partial charge in [0.05, 0.1) is 12.2 Å². The highest BCUT2D eigenvalue weighted by Crippen LogP contribution is 2.34. The summed E-state index contributed by atoms with van der Waals surface area (Å²) in [6.07, 6.45) is 0.620. The summed E-state index contributed by atoms with van der Waals surface area (Å²) in [4.78, 5) is 11.7. The minimum Gasteiger partial charge on any atom is -0.462 e. The normalized spacial score (nSPS) is 46.7. The van der Waals surface area contributed by atoms with Gasteiger partial charge in [0.1, 0.15) is 24.2 Å². The average molecular weight is 242 g/mol. The van der Waals surface area contributed by atoms with Crippen molar-refractivity contribution < 1.29 is 24.5 Å². The van der Waals surface area contributed by atoms with Crippen molar-refractivity contribution in [1.29, 1.82) is 0 Å². The largest absolute Gasteiger partial charge is 0.462 e. The summed E-state index contributed by atoms with van der Waals surface area (Å²) in [5, 5.41) is 19.8. The van der Waals surface area contributed by atoms with Gasteiger partial charge in [-0.05, 0) is 13.8 Å². The number of carbonyl (C=O) groups is 1. The van der Waals surface area contributed by atoms with Crippen LogP contribution in [0.2, 0.25) is 0 Å². The SMILES string of the molecule is CC=CC1OC2CC(C)OC(=O)C2C(O)C1O. The van der Waals surface area contributed by atoms with Crippen LogP contribution in [0.5, 0.6) is 0 Å². The third kappa shape index (κ3) is 2.22. The molecule has 2 N–H and O–H groups in total. The Morgan fingerprint density at radius 1 is 1.35 bits per heavy atom. The molecule has 0 bridgehead atoms. The van der Waals surface area contributed by atoms with Crippen LogP contribution < -0.4 is 0 Å². The van der Waals surface area contributed by atoms with Crippen molar-refractivity contribution >= 4 is 5.97 Å². The van der Waals surface area contributed by atoms with Gasteiger partial charge in [-0.25, -0.2) is 0 Å². The highest BCUT2D eigenvalue weighted by atomic mass is 16.6. The minimum atomic E-state index is -1.13. The Bertz CT molecular complexity index is 327. The Morgan fingerprint density at radius 3 is 2.71 bits per heavy atom. The van der Waals surface area contributed by atoms with Crippen molar-refractivity contribution in [2.45, 2.75) is 50.8 Å². The topological polar surface area (TPSA) is 76.0 Å². The van der Waals surface area contributed by atoms with Crippen LogP contribution in [-0.4, -0.2) is 46.7 Å². The maximum Gasteiger partial charge on any atom is 0.314 e. The first kappa shape index (κ1) is 12.5. The van der Waals surface area contributed by atoms with Gasteiger partial charge in [-0.15, -0.1) is 0 Å². The van der Waals surface area contributed by atoms with Crippen LogP contribution >= 0.6 is 0 Å². The first-order valence-electron chi connectivity index (χ1n) is 5.89. The van der Waals surface area contributed by atoms with E-state index >= 15 is 0 Å². The number of hydrogen-bond donors (Lipinski definition) is 2. The molecular formula is C12H18O5. The monoisotopic (exact) mass is 242 g/mol. The second-order valence-corrected chi connectivity index (χ2v) is 4.66. The zero-order valence-electron chi connectivity index (χ0n) is 9.95. The first-order valence-corrected chi connectivity index (χ1v) is 5.89. The van der Waals surface area contributed by atoms with Gasteiger partial charge in [-0.1, -0.05) is 12.2 Å².